The Morgan fingerprint density at radius 3 is 2.67 bits per heavy atom. The maximum atomic E-state index is 14.7. The molecule has 1 aliphatic carbocycles. The van der Waals surface area contributed by atoms with E-state index < -0.39 is 29.3 Å². The Balaban J connectivity index is 1.88. The first-order chi connectivity index (χ1) is 15.6. The van der Waals surface area contributed by atoms with Gasteiger partial charge in [-0.3, -0.25) is 4.57 Å². The number of alkyl halides is 3. The quantitative estimate of drug-likeness (QED) is 0.423. The Bertz CT molecular complexity index is 1490. The number of hydrogen-bond donors (Lipinski definition) is 3. The highest BCUT2D eigenvalue weighted by molar-refractivity contribution is 5.95. The van der Waals surface area contributed by atoms with Gasteiger partial charge in [-0.15, -0.1) is 0 Å². The molecular weight excluding hydrogens is 439 g/mol. The molecule has 1 saturated carbocycles. The van der Waals surface area contributed by atoms with Crippen LogP contribution in [0, 0.1) is 18.3 Å². The highest BCUT2D eigenvalue weighted by Crippen LogP contribution is 2.53. The zero-order valence-corrected chi connectivity index (χ0v) is 17.1. The standard InChI is InChI=1S/C22H16F3N5O3/c1-10-6-14(12-2-3-12)16(13-4-5-30(17(10)13)20(31)32)21(33,22(23,24)25)19-28-15-7-11(8-26)9-27-18(15)29-19/h4-7,9,12,33H,2-3H2,1H3,(H,31,32)(H,27,28,29). The normalized spacial score (nSPS) is 16.1. The molecule has 1 aromatic carbocycles. The van der Waals surface area contributed by atoms with Crippen LogP contribution in [0.2, 0.25) is 0 Å². The minimum Gasteiger partial charge on any atom is -0.464 e. The van der Waals surface area contributed by atoms with Gasteiger partial charge in [0.2, 0.25) is 5.60 Å². The lowest BCUT2D eigenvalue weighted by Crippen LogP contribution is -2.45. The van der Waals surface area contributed by atoms with Crippen LogP contribution in [-0.2, 0) is 5.60 Å². The van der Waals surface area contributed by atoms with Crippen molar-refractivity contribution in [3.8, 4) is 6.07 Å². The van der Waals surface area contributed by atoms with Gasteiger partial charge in [0.1, 0.15) is 11.6 Å². The predicted octanol–water partition coefficient (Wildman–Crippen LogP) is 4.29. The SMILES string of the molecule is Cc1cc(C2CC2)c(C(O)(c2nc3cc(C#N)cnc3[nH]2)C(F)(F)F)c2ccn(C(=O)O)c12. The number of aryl methyl sites for hydroxylation is 1. The number of imidazole rings is 1. The molecule has 1 fully saturated rings. The fourth-order valence-electron chi connectivity index (χ4n) is 4.37. The van der Waals surface area contributed by atoms with E-state index in [0.717, 1.165) is 10.8 Å². The Morgan fingerprint density at radius 2 is 2.06 bits per heavy atom. The van der Waals surface area contributed by atoms with Crippen LogP contribution in [0.3, 0.4) is 0 Å². The third kappa shape index (κ3) is 2.98. The third-order valence-corrected chi connectivity index (χ3v) is 5.99. The van der Waals surface area contributed by atoms with E-state index in [2.05, 4.69) is 15.0 Å². The van der Waals surface area contributed by atoms with Gasteiger partial charge in [-0.05, 0) is 48.9 Å². The van der Waals surface area contributed by atoms with Crippen LogP contribution in [0.5, 0.6) is 0 Å². The molecule has 3 aromatic heterocycles. The average molecular weight is 455 g/mol. The number of pyridine rings is 1. The zero-order chi connectivity index (χ0) is 23.7. The number of nitriles is 1. The van der Waals surface area contributed by atoms with E-state index >= 15 is 0 Å². The number of aromatic nitrogens is 4. The number of carbonyl (C=O) groups is 1. The maximum Gasteiger partial charge on any atom is 0.428 e. The summed E-state index contributed by atoms with van der Waals surface area (Å²) in [7, 11) is 0. The predicted molar refractivity (Wildman–Crippen MR) is 110 cm³/mol. The lowest BCUT2D eigenvalue weighted by molar-refractivity contribution is -0.250. The topological polar surface area (TPSA) is 128 Å². The van der Waals surface area contributed by atoms with Gasteiger partial charge >= 0.3 is 12.3 Å². The largest absolute Gasteiger partial charge is 0.464 e. The Hall–Kier alpha value is -3.91. The minimum absolute atomic E-state index is 0.00819. The minimum atomic E-state index is -5.21. The molecule has 3 N–H and O–H groups in total. The summed E-state index contributed by atoms with van der Waals surface area (Å²) in [6.45, 7) is 1.62. The van der Waals surface area contributed by atoms with Crippen molar-refractivity contribution in [2.45, 2.75) is 37.5 Å². The molecule has 11 heteroatoms. The van der Waals surface area contributed by atoms with Crippen molar-refractivity contribution in [2.24, 2.45) is 0 Å². The fraction of sp³-hybridized carbons (Fsp3) is 0.273. The van der Waals surface area contributed by atoms with Gasteiger partial charge in [0.05, 0.1) is 11.1 Å². The first-order valence-corrected chi connectivity index (χ1v) is 10.00. The molecule has 1 atom stereocenters. The van der Waals surface area contributed by atoms with Gasteiger partial charge in [0.25, 0.3) is 0 Å². The number of aliphatic hydroxyl groups is 1. The molecule has 1 unspecified atom stereocenters. The molecule has 33 heavy (non-hydrogen) atoms. The lowest BCUT2D eigenvalue weighted by Gasteiger charge is -2.32. The first kappa shape index (κ1) is 21.0. The van der Waals surface area contributed by atoms with E-state index in [-0.39, 0.29) is 33.5 Å². The van der Waals surface area contributed by atoms with E-state index in [9.17, 15) is 28.2 Å². The second kappa shape index (κ2) is 6.79. The molecule has 3 heterocycles. The molecule has 0 saturated heterocycles. The van der Waals surface area contributed by atoms with Crippen molar-refractivity contribution in [1.29, 1.82) is 5.26 Å². The molecule has 5 rings (SSSR count). The number of H-pyrrole nitrogens is 1. The van der Waals surface area contributed by atoms with Gasteiger partial charge < -0.3 is 15.2 Å². The van der Waals surface area contributed by atoms with Gasteiger partial charge in [-0.2, -0.15) is 18.4 Å². The van der Waals surface area contributed by atoms with Crippen LogP contribution in [0.25, 0.3) is 22.1 Å². The number of carboxylic acid groups (broad SMARTS) is 1. The molecule has 0 radical (unpaired) electrons. The third-order valence-electron chi connectivity index (χ3n) is 5.99. The van der Waals surface area contributed by atoms with Crippen molar-refractivity contribution in [2.75, 3.05) is 0 Å². The van der Waals surface area contributed by atoms with Crippen LogP contribution in [0.15, 0.2) is 30.6 Å². The van der Waals surface area contributed by atoms with Crippen molar-refractivity contribution >= 4 is 28.2 Å². The van der Waals surface area contributed by atoms with Crippen molar-refractivity contribution in [1.82, 2.24) is 19.5 Å². The van der Waals surface area contributed by atoms with Crippen LogP contribution >= 0.6 is 0 Å². The monoisotopic (exact) mass is 455 g/mol. The zero-order valence-electron chi connectivity index (χ0n) is 17.1. The molecule has 0 spiro atoms. The summed E-state index contributed by atoms with van der Waals surface area (Å²) < 4.78 is 44.9. The van der Waals surface area contributed by atoms with Gasteiger partial charge in [-0.25, -0.2) is 14.8 Å². The van der Waals surface area contributed by atoms with Crippen LogP contribution < -0.4 is 0 Å². The second-order valence-corrected chi connectivity index (χ2v) is 8.16. The summed E-state index contributed by atoms with van der Waals surface area (Å²) in [5.74, 6) is -0.999. The van der Waals surface area contributed by atoms with E-state index in [1.54, 1.807) is 6.92 Å². The second-order valence-electron chi connectivity index (χ2n) is 8.16. The molecule has 4 aromatic rings. The van der Waals surface area contributed by atoms with Crippen molar-refractivity contribution < 1.29 is 28.2 Å². The Morgan fingerprint density at radius 1 is 1.33 bits per heavy atom. The average Bonchev–Trinajstić information content (AvgIpc) is 3.35. The van der Waals surface area contributed by atoms with Crippen LogP contribution in [0.4, 0.5) is 18.0 Å². The van der Waals surface area contributed by atoms with E-state index in [1.807, 2.05) is 6.07 Å². The molecular formula is C22H16F3N5O3. The number of aromatic amines is 1. The van der Waals surface area contributed by atoms with E-state index in [0.29, 0.717) is 24.0 Å². The summed E-state index contributed by atoms with van der Waals surface area (Å²) in [5, 5.41) is 30.0. The number of nitrogens with one attached hydrogen (secondary N) is 1. The van der Waals surface area contributed by atoms with Gasteiger partial charge in [0.15, 0.2) is 11.5 Å². The van der Waals surface area contributed by atoms with Crippen molar-refractivity contribution in [3.63, 3.8) is 0 Å². The van der Waals surface area contributed by atoms with Gasteiger partial charge in [-0.1, -0.05) is 6.07 Å². The number of hydrogen-bond acceptors (Lipinski definition) is 5. The number of rotatable bonds is 3. The smallest absolute Gasteiger partial charge is 0.428 e. The van der Waals surface area contributed by atoms with Crippen molar-refractivity contribution in [3.05, 3.63) is 58.7 Å². The first-order valence-electron chi connectivity index (χ1n) is 10.00. The highest BCUT2D eigenvalue weighted by Gasteiger charge is 2.61. The van der Waals surface area contributed by atoms with E-state index in [4.69, 9.17) is 5.26 Å². The summed E-state index contributed by atoms with van der Waals surface area (Å²) in [6, 6.07) is 5.90. The maximum absolute atomic E-state index is 14.7. The lowest BCUT2D eigenvalue weighted by atomic mass is 9.83. The summed E-state index contributed by atoms with van der Waals surface area (Å²) in [5.41, 5.74) is -3.10. The molecule has 1 aliphatic rings. The molecule has 0 bridgehead atoms. The summed E-state index contributed by atoms with van der Waals surface area (Å²) in [6.07, 6.45) is -2.92. The Labute approximate surface area is 183 Å². The summed E-state index contributed by atoms with van der Waals surface area (Å²) >= 11 is 0. The molecule has 168 valence electrons. The van der Waals surface area contributed by atoms with E-state index in [1.165, 1.54) is 24.4 Å². The summed E-state index contributed by atoms with van der Waals surface area (Å²) in [4.78, 5) is 22.1. The van der Waals surface area contributed by atoms with Gasteiger partial charge in [0, 0.05) is 23.3 Å². The fourth-order valence-corrected chi connectivity index (χ4v) is 4.37. The Kier molecular flexibility index (Phi) is 4.31. The molecule has 0 amide bonds. The van der Waals surface area contributed by atoms with Crippen LogP contribution in [-0.4, -0.2) is 42.0 Å². The number of fused-ring (bicyclic) bond motifs is 2. The number of benzene rings is 1. The molecule has 0 aliphatic heterocycles. The number of halogens is 3. The van der Waals surface area contributed by atoms with Crippen LogP contribution in [0.1, 0.15) is 46.8 Å². The number of nitrogens with zero attached hydrogens (tertiary/aromatic N) is 4. The highest BCUT2D eigenvalue weighted by atomic mass is 19.4. The molecule has 8 nitrogen and oxygen atoms in total.